The summed E-state index contributed by atoms with van der Waals surface area (Å²) < 4.78 is 74.8. The molecule has 0 radical (unpaired) electrons. The van der Waals surface area contributed by atoms with Crippen LogP contribution in [0.4, 0.5) is 32.0 Å². The Kier molecular flexibility index (Phi) is 3.47. The number of rotatable bonds is 1. The second-order valence-corrected chi connectivity index (χ2v) is 3.35. The Bertz CT molecular complexity index is 510. The highest BCUT2D eigenvalue weighted by atomic mass is 19.4. The molecule has 0 aliphatic rings. The Balaban J connectivity index is 3.62. The van der Waals surface area contributed by atoms with E-state index >= 15 is 0 Å². The zero-order valence-corrected chi connectivity index (χ0v) is 8.76. The third-order valence-electron chi connectivity index (χ3n) is 2.17. The monoisotopic (exact) mass is 269 g/mol. The molecule has 1 rings (SSSR count). The van der Waals surface area contributed by atoms with Crippen molar-refractivity contribution in [2.45, 2.75) is 19.3 Å². The highest BCUT2D eigenvalue weighted by Crippen LogP contribution is 2.40. The Morgan fingerprint density at radius 2 is 1.61 bits per heavy atom. The second kappa shape index (κ2) is 4.41. The molecule has 0 amide bonds. The van der Waals surface area contributed by atoms with Gasteiger partial charge in [-0.3, -0.25) is 0 Å². The smallest absolute Gasteiger partial charge is 0.166 e. The van der Waals surface area contributed by atoms with Crippen LogP contribution in [0.25, 0.3) is 10.4 Å². The zero-order valence-electron chi connectivity index (χ0n) is 8.76. The molecule has 0 unspecified atom stereocenters. The highest BCUT2D eigenvalue weighted by molar-refractivity contribution is 5.53. The summed E-state index contributed by atoms with van der Waals surface area (Å²) in [7, 11) is 0. The topological polar surface area (TPSA) is 48.8 Å². The Morgan fingerprint density at radius 3 is 2.00 bits per heavy atom. The molecule has 9 heteroatoms. The van der Waals surface area contributed by atoms with E-state index in [2.05, 4.69) is 10.0 Å². The van der Waals surface area contributed by atoms with Gasteiger partial charge in [-0.15, -0.1) is 0 Å². The fourth-order valence-electron chi connectivity index (χ4n) is 1.31. The Hall–Kier alpha value is -1.89. The van der Waals surface area contributed by atoms with Gasteiger partial charge in [0.15, 0.2) is 0 Å². The second-order valence-electron chi connectivity index (χ2n) is 3.35. The van der Waals surface area contributed by atoms with Gasteiger partial charge in [-0.05, 0) is 30.2 Å². The first kappa shape index (κ1) is 14.2. The molecule has 0 heterocycles. The zero-order chi connectivity index (χ0) is 14.1. The summed E-state index contributed by atoms with van der Waals surface area (Å²) in [5.41, 5.74) is 3.90. The van der Waals surface area contributed by atoms with Gasteiger partial charge in [0.25, 0.3) is 0 Å². The summed E-state index contributed by atoms with van der Waals surface area (Å²) in [6, 6.07) is 0.371. The maximum absolute atomic E-state index is 12.5. The summed E-state index contributed by atoms with van der Waals surface area (Å²) >= 11 is 0. The standard InChI is InChI=1S/C9H5F6N3/c1-4-6(9(13,14)15)2-5(8(10,11)12)3-7(4)17-18-16/h2-3H,1H3. The van der Waals surface area contributed by atoms with E-state index in [-0.39, 0.29) is 6.07 Å². The molecule has 0 atom stereocenters. The molecule has 1 aromatic carbocycles. The SMILES string of the molecule is Cc1c(N=[N+]=[N-])cc(C(F)(F)F)cc1C(F)(F)F. The number of hydrogen-bond donors (Lipinski definition) is 0. The van der Waals surface area contributed by atoms with Crippen LogP contribution in [0.1, 0.15) is 16.7 Å². The summed E-state index contributed by atoms with van der Waals surface area (Å²) in [5, 5.41) is 2.84. The molecule has 0 aliphatic carbocycles. The minimum atomic E-state index is -4.95. The average molecular weight is 269 g/mol. The van der Waals surface area contributed by atoms with Crippen molar-refractivity contribution >= 4 is 5.69 Å². The molecule has 3 nitrogen and oxygen atoms in total. The predicted octanol–water partition coefficient (Wildman–Crippen LogP) is 4.97. The molecule has 0 N–H and O–H groups in total. The van der Waals surface area contributed by atoms with Crippen molar-refractivity contribution in [3.63, 3.8) is 0 Å². The lowest BCUT2D eigenvalue weighted by molar-refractivity contribution is -0.143. The van der Waals surface area contributed by atoms with Crippen LogP contribution in [0.2, 0.25) is 0 Å². The largest absolute Gasteiger partial charge is 0.416 e. The van der Waals surface area contributed by atoms with Crippen LogP contribution in [-0.4, -0.2) is 0 Å². The third kappa shape index (κ3) is 2.86. The number of halogens is 6. The van der Waals surface area contributed by atoms with Crippen LogP contribution in [0, 0.1) is 6.92 Å². The quantitative estimate of drug-likeness (QED) is 0.299. The fourth-order valence-corrected chi connectivity index (χ4v) is 1.31. The summed E-state index contributed by atoms with van der Waals surface area (Å²) in [5.74, 6) is 0. The lowest BCUT2D eigenvalue weighted by atomic mass is 10.0. The first-order chi connectivity index (χ1) is 8.07. The molecule has 18 heavy (non-hydrogen) atoms. The van der Waals surface area contributed by atoms with Crippen LogP contribution < -0.4 is 0 Å². The van der Waals surface area contributed by atoms with Crippen LogP contribution in [-0.2, 0) is 12.4 Å². The van der Waals surface area contributed by atoms with E-state index in [1.54, 1.807) is 0 Å². The van der Waals surface area contributed by atoms with Crippen molar-refractivity contribution in [1.29, 1.82) is 0 Å². The van der Waals surface area contributed by atoms with Gasteiger partial charge in [0, 0.05) is 10.6 Å². The summed E-state index contributed by atoms with van der Waals surface area (Å²) in [6.45, 7) is 0.937. The number of nitrogens with zero attached hydrogens (tertiary/aromatic N) is 3. The number of benzene rings is 1. The van der Waals surface area contributed by atoms with Crippen LogP contribution in [0.5, 0.6) is 0 Å². The third-order valence-corrected chi connectivity index (χ3v) is 2.17. The van der Waals surface area contributed by atoms with Crippen molar-refractivity contribution in [2.24, 2.45) is 5.11 Å². The van der Waals surface area contributed by atoms with Gasteiger partial charge < -0.3 is 0 Å². The molecule has 0 bridgehead atoms. The van der Waals surface area contributed by atoms with Gasteiger partial charge in [-0.1, -0.05) is 5.11 Å². The van der Waals surface area contributed by atoms with Crippen molar-refractivity contribution in [3.8, 4) is 0 Å². The number of azide groups is 1. The van der Waals surface area contributed by atoms with E-state index in [0.29, 0.717) is 6.07 Å². The molecular formula is C9H5F6N3. The molecule has 0 aliphatic heterocycles. The lowest BCUT2D eigenvalue weighted by Crippen LogP contribution is -2.12. The molecular weight excluding hydrogens is 264 g/mol. The minimum Gasteiger partial charge on any atom is -0.166 e. The molecule has 98 valence electrons. The summed E-state index contributed by atoms with van der Waals surface area (Å²) in [6.07, 6.45) is -9.90. The Morgan fingerprint density at radius 1 is 1.06 bits per heavy atom. The maximum atomic E-state index is 12.5. The molecule has 0 fully saturated rings. The van der Waals surface area contributed by atoms with E-state index < -0.39 is 34.7 Å². The van der Waals surface area contributed by atoms with Gasteiger partial charge in [0.05, 0.1) is 11.1 Å². The van der Waals surface area contributed by atoms with Crippen molar-refractivity contribution < 1.29 is 26.3 Å². The van der Waals surface area contributed by atoms with Gasteiger partial charge in [0.1, 0.15) is 0 Å². The van der Waals surface area contributed by atoms with Gasteiger partial charge in [-0.25, -0.2) is 0 Å². The fraction of sp³-hybridized carbons (Fsp3) is 0.333. The predicted molar refractivity (Wildman–Crippen MR) is 50.0 cm³/mol. The number of alkyl halides is 6. The van der Waals surface area contributed by atoms with E-state index in [1.807, 2.05) is 0 Å². The molecule has 0 aromatic heterocycles. The highest BCUT2D eigenvalue weighted by Gasteiger charge is 2.38. The van der Waals surface area contributed by atoms with Gasteiger partial charge >= 0.3 is 12.4 Å². The molecule has 0 saturated carbocycles. The van der Waals surface area contributed by atoms with Gasteiger partial charge in [0.2, 0.25) is 0 Å². The van der Waals surface area contributed by atoms with Crippen LogP contribution in [0.15, 0.2) is 17.2 Å². The molecule has 0 saturated heterocycles. The summed E-state index contributed by atoms with van der Waals surface area (Å²) in [4.78, 5) is 2.20. The normalized spacial score (nSPS) is 12.2. The van der Waals surface area contributed by atoms with Crippen molar-refractivity contribution in [3.05, 3.63) is 39.3 Å². The van der Waals surface area contributed by atoms with Gasteiger partial charge in [-0.2, -0.15) is 26.3 Å². The van der Waals surface area contributed by atoms with Crippen LogP contribution >= 0.6 is 0 Å². The van der Waals surface area contributed by atoms with Crippen LogP contribution in [0.3, 0.4) is 0 Å². The van der Waals surface area contributed by atoms with Crippen molar-refractivity contribution in [1.82, 2.24) is 0 Å². The average Bonchev–Trinajstić information content (AvgIpc) is 2.17. The molecule has 0 spiro atoms. The lowest BCUT2D eigenvalue weighted by Gasteiger charge is -2.15. The first-order valence-electron chi connectivity index (χ1n) is 4.41. The van der Waals surface area contributed by atoms with Crippen molar-refractivity contribution in [2.75, 3.05) is 0 Å². The maximum Gasteiger partial charge on any atom is 0.416 e. The number of hydrogen-bond acceptors (Lipinski definition) is 1. The minimum absolute atomic E-state index is 0.00821. The van der Waals surface area contributed by atoms with E-state index in [1.165, 1.54) is 0 Å². The van der Waals surface area contributed by atoms with E-state index in [4.69, 9.17) is 5.53 Å². The first-order valence-corrected chi connectivity index (χ1v) is 4.41. The Labute approximate surface area is 96.7 Å². The van der Waals surface area contributed by atoms with E-state index in [0.717, 1.165) is 6.92 Å². The van der Waals surface area contributed by atoms with E-state index in [9.17, 15) is 26.3 Å². The molecule has 1 aromatic rings.